The van der Waals surface area contributed by atoms with Gasteiger partial charge in [0, 0.05) is 29.8 Å². The van der Waals surface area contributed by atoms with Gasteiger partial charge in [-0.2, -0.15) is 0 Å². The van der Waals surface area contributed by atoms with Crippen LogP contribution in [-0.2, 0) is 6.42 Å². The third kappa shape index (κ3) is 2.22. The molecule has 3 rings (SSSR count). The number of nitrogens with one attached hydrogen (secondary N) is 2. The lowest BCUT2D eigenvalue weighted by Crippen LogP contribution is -1.85. The van der Waals surface area contributed by atoms with E-state index in [9.17, 15) is 0 Å². The van der Waals surface area contributed by atoms with Crippen LogP contribution in [0.1, 0.15) is 18.1 Å². The van der Waals surface area contributed by atoms with Crippen molar-refractivity contribution in [1.82, 2.24) is 9.97 Å². The first-order chi connectivity index (χ1) is 9.28. The number of H-pyrrole nitrogens is 2. The van der Waals surface area contributed by atoms with Crippen molar-refractivity contribution in [3.05, 3.63) is 60.0 Å². The van der Waals surface area contributed by atoms with Crippen LogP contribution in [0.2, 0.25) is 0 Å². The van der Waals surface area contributed by atoms with Crippen molar-refractivity contribution >= 4 is 0 Å². The van der Waals surface area contributed by atoms with E-state index in [0.717, 1.165) is 6.42 Å². The Morgan fingerprint density at radius 1 is 1.00 bits per heavy atom. The van der Waals surface area contributed by atoms with Crippen LogP contribution in [0.5, 0.6) is 0 Å². The predicted octanol–water partition coefficient (Wildman–Crippen LogP) is 4.55. The van der Waals surface area contributed by atoms with Crippen molar-refractivity contribution < 1.29 is 0 Å². The fourth-order valence-corrected chi connectivity index (χ4v) is 2.42. The summed E-state index contributed by atoms with van der Waals surface area (Å²) in [5, 5.41) is 0. The summed E-state index contributed by atoms with van der Waals surface area (Å²) in [6.45, 7) is 4.31. The van der Waals surface area contributed by atoms with Gasteiger partial charge in [-0.3, -0.25) is 0 Å². The molecular formula is C17H18N2. The van der Waals surface area contributed by atoms with Gasteiger partial charge in [-0.1, -0.05) is 30.7 Å². The van der Waals surface area contributed by atoms with E-state index in [1.54, 1.807) is 0 Å². The molecule has 2 nitrogen and oxygen atoms in total. The van der Waals surface area contributed by atoms with Crippen LogP contribution < -0.4 is 0 Å². The van der Waals surface area contributed by atoms with Crippen molar-refractivity contribution in [3.63, 3.8) is 0 Å². The molecule has 0 aliphatic carbocycles. The average Bonchev–Trinajstić information content (AvgIpc) is 3.10. The van der Waals surface area contributed by atoms with E-state index in [-0.39, 0.29) is 0 Å². The van der Waals surface area contributed by atoms with Gasteiger partial charge in [0.05, 0.1) is 0 Å². The summed E-state index contributed by atoms with van der Waals surface area (Å²) < 4.78 is 0. The van der Waals surface area contributed by atoms with Gasteiger partial charge in [0.2, 0.25) is 0 Å². The zero-order valence-corrected chi connectivity index (χ0v) is 11.3. The maximum atomic E-state index is 3.38. The van der Waals surface area contributed by atoms with Gasteiger partial charge in [-0.15, -0.1) is 0 Å². The SMILES string of the molecule is CCc1c[nH]c(-c2ccc(C)cc2-c2cc[nH]c2)c1. The molecule has 3 aromatic rings. The molecule has 2 heteroatoms. The molecule has 0 radical (unpaired) electrons. The van der Waals surface area contributed by atoms with E-state index in [2.05, 4.69) is 60.3 Å². The van der Waals surface area contributed by atoms with Crippen molar-refractivity contribution in [3.8, 4) is 22.4 Å². The number of aryl methyl sites for hydroxylation is 2. The Labute approximate surface area is 113 Å². The highest BCUT2D eigenvalue weighted by Crippen LogP contribution is 2.32. The van der Waals surface area contributed by atoms with Crippen molar-refractivity contribution in [1.29, 1.82) is 0 Å². The minimum Gasteiger partial charge on any atom is -0.367 e. The molecule has 19 heavy (non-hydrogen) atoms. The van der Waals surface area contributed by atoms with Crippen LogP contribution in [0, 0.1) is 6.92 Å². The molecule has 0 saturated heterocycles. The standard InChI is InChI=1S/C17H18N2/c1-3-13-9-17(19-10-13)15-5-4-12(2)8-16(15)14-6-7-18-11-14/h4-11,18-19H,3H2,1-2H3. The fourth-order valence-electron chi connectivity index (χ4n) is 2.42. The van der Waals surface area contributed by atoms with E-state index >= 15 is 0 Å². The first-order valence-corrected chi connectivity index (χ1v) is 6.69. The van der Waals surface area contributed by atoms with E-state index in [0.29, 0.717) is 0 Å². The second-order valence-electron chi connectivity index (χ2n) is 4.92. The van der Waals surface area contributed by atoms with Gasteiger partial charge in [0.25, 0.3) is 0 Å². The maximum absolute atomic E-state index is 3.38. The molecule has 0 atom stereocenters. The molecule has 96 valence electrons. The molecule has 0 amide bonds. The number of hydrogen-bond acceptors (Lipinski definition) is 0. The second kappa shape index (κ2) is 4.81. The summed E-state index contributed by atoms with van der Waals surface area (Å²) in [7, 11) is 0. The van der Waals surface area contributed by atoms with Crippen LogP contribution in [-0.4, -0.2) is 9.97 Å². The molecule has 0 unspecified atom stereocenters. The number of rotatable bonds is 3. The highest BCUT2D eigenvalue weighted by atomic mass is 14.7. The van der Waals surface area contributed by atoms with Gasteiger partial charge in [0.15, 0.2) is 0 Å². The lowest BCUT2D eigenvalue weighted by molar-refractivity contribution is 1.14. The van der Waals surface area contributed by atoms with Crippen LogP contribution >= 0.6 is 0 Å². The third-order valence-electron chi connectivity index (χ3n) is 3.53. The maximum Gasteiger partial charge on any atom is 0.0463 e. The molecule has 2 heterocycles. The molecule has 0 fully saturated rings. The largest absolute Gasteiger partial charge is 0.367 e. The lowest BCUT2D eigenvalue weighted by Gasteiger charge is -2.08. The lowest BCUT2D eigenvalue weighted by atomic mass is 9.97. The van der Waals surface area contributed by atoms with E-state index in [1.807, 2.05) is 12.4 Å². The third-order valence-corrected chi connectivity index (χ3v) is 3.53. The monoisotopic (exact) mass is 250 g/mol. The Balaban J connectivity index is 2.15. The predicted molar refractivity (Wildman–Crippen MR) is 80.1 cm³/mol. The smallest absolute Gasteiger partial charge is 0.0463 e. The summed E-state index contributed by atoms with van der Waals surface area (Å²) in [6.07, 6.45) is 7.16. The van der Waals surface area contributed by atoms with Gasteiger partial charge >= 0.3 is 0 Å². The molecule has 0 saturated carbocycles. The van der Waals surface area contributed by atoms with Crippen molar-refractivity contribution in [2.45, 2.75) is 20.3 Å². The number of benzene rings is 1. The average molecular weight is 250 g/mol. The summed E-state index contributed by atoms with van der Waals surface area (Å²) in [5.74, 6) is 0. The van der Waals surface area contributed by atoms with Crippen LogP contribution in [0.3, 0.4) is 0 Å². The minimum absolute atomic E-state index is 1.06. The van der Waals surface area contributed by atoms with E-state index in [1.165, 1.54) is 33.5 Å². The fraction of sp³-hybridized carbons (Fsp3) is 0.176. The van der Waals surface area contributed by atoms with Gasteiger partial charge in [0.1, 0.15) is 0 Å². The molecule has 1 aromatic carbocycles. The minimum atomic E-state index is 1.06. The molecule has 0 aliphatic rings. The number of aromatic nitrogens is 2. The van der Waals surface area contributed by atoms with Crippen LogP contribution in [0.4, 0.5) is 0 Å². The summed E-state index contributed by atoms with van der Waals surface area (Å²) in [6, 6.07) is 11.0. The highest BCUT2D eigenvalue weighted by molar-refractivity contribution is 5.82. The van der Waals surface area contributed by atoms with Gasteiger partial charge < -0.3 is 9.97 Å². The van der Waals surface area contributed by atoms with E-state index < -0.39 is 0 Å². The summed E-state index contributed by atoms with van der Waals surface area (Å²) in [5.41, 5.74) is 7.56. The molecule has 2 N–H and O–H groups in total. The van der Waals surface area contributed by atoms with Crippen molar-refractivity contribution in [2.75, 3.05) is 0 Å². The molecule has 2 aromatic heterocycles. The van der Waals surface area contributed by atoms with Gasteiger partial charge in [-0.05, 0) is 42.2 Å². The normalized spacial score (nSPS) is 10.8. The quantitative estimate of drug-likeness (QED) is 0.683. The van der Waals surface area contributed by atoms with Crippen LogP contribution in [0.25, 0.3) is 22.4 Å². The summed E-state index contributed by atoms with van der Waals surface area (Å²) >= 11 is 0. The molecule has 0 aliphatic heterocycles. The Hall–Kier alpha value is -2.22. The summed E-state index contributed by atoms with van der Waals surface area (Å²) in [4.78, 5) is 6.52. The number of aromatic amines is 2. The zero-order valence-electron chi connectivity index (χ0n) is 11.3. The Kier molecular flexibility index (Phi) is 3.00. The zero-order chi connectivity index (χ0) is 13.2. The van der Waals surface area contributed by atoms with Gasteiger partial charge in [-0.25, -0.2) is 0 Å². The Bertz CT molecular complexity index is 675. The highest BCUT2D eigenvalue weighted by Gasteiger charge is 2.09. The van der Waals surface area contributed by atoms with Crippen molar-refractivity contribution in [2.24, 2.45) is 0 Å². The Morgan fingerprint density at radius 2 is 1.89 bits per heavy atom. The molecule has 0 spiro atoms. The molecule has 0 bridgehead atoms. The first kappa shape index (κ1) is 11.8. The topological polar surface area (TPSA) is 31.6 Å². The number of hydrogen-bond donors (Lipinski definition) is 2. The Morgan fingerprint density at radius 3 is 2.58 bits per heavy atom. The van der Waals surface area contributed by atoms with Crippen LogP contribution in [0.15, 0.2) is 48.9 Å². The first-order valence-electron chi connectivity index (χ1n) is 6.69. The second-order valence-corrected chi connectivity index (χ2v) is 4.92. The molecular weight excluding hydrogens is 232 g/mol. The van der Waals surface area contributed by atoms with E-state index in [4.69, 9.17) is 0 Å².